The zero-order valence-corrected chi connectivity index (χ0v) is 16.2. The molecule has 3 aromatic rings. The van der Waals surface area contributed by atoms with Crippen molar-refractivity contribution in [3.05, 3.63) is 59.7 Å². The van der Waals surface area contributed by atoms with E-state index < -0.39 is 6.04 Å². The van der Waals surface area contributed by atoms with Gasteiger partial charge in [0.05, 0.1) is 33.4 Å². The van der Waals surface area contributed by atoms with Gasteiger partial charge in [-0.15, -0.1) is 0 Å². The summed E-state index contributed by atoms with van der Waals surface area (Å²) in [5, 5.41) is 10.5. The molecule has 0 aliphatic rings. The van der Waals surface area contributed by atoms with Gasteiger partial charge in [-0.1, -0.05) is 6.07 Å². The summed E-state index contributed by atoms with van der Waals surface area (Å²) in [5.74, 6) is 3.33. The maximum atomic E-state index is 6.34. The lowest BCUT2D eigenvalue weighted by Gasteiger charge is -2.13. The summed E-state index contributed by atoms with van der Waals surface area (Å²) in [5.41, 5.74) is 8.14. The molecule has 28 heavy (non-hydrogen) atoms. The van der Waals surface area contributed by atoms with Gasteiger partial charge in [0.2, 0.25) is 0 Å². The number of H-pyrrole nitrogens is 1. The smallest absolute Gasteiger partial charge is 0.171 e. The van der Waals surface area contributed by atoms with E-state index in [1.54, 1.807) is 14.2 Å². The van der Waals surface area contributed by atoms with E-state index in [1.165, 1.54) is 0 Å². The van der Waals surface area contributed by atoms with Crippen LogP contribution in [0.5, 0.6) is 17.2 Å². The normalized spacial score (nSPS) is 11.7. The van der Waals surface area contributed by atoms with Crippen molar-refractivity contribution in [2.24, 2.45) is 5.73 Å². The van der Waals surface area contributed by atoms with Crippen LogP contribution in [0, 0.1) is 0 Å². The minimum Gasteiger partial charge on any atom is -0.497 e. The first-order valence-electron chi connectivity index (χ1n) is 9.00. The summed E-state index contributed by atoms with van der Waals surface area (Å²) in [4.78, 5) is 4.50. The molecule has 8 heteroatoms. The van der Waals surface area contributed by atoms with Crippen LogP contribution in [-0.2, 0) is 6.54 Å². The molecule has 2 aromatic carbocycles. The van der Waals surface area contributed by atoms with E-state index in [0.29, 0.717) is 36.3 Å². The molecule has 0 spiro atoms. The van der Waals surface area contributed by atoms with Gasteiger partial charge in [-0.2, -0.15) is 5.10 Å². The number of benzene rings is 2. The van der Waals surface area contributed by atoms with E-state index in [4.69, 9.17) is 19.9 Å². The molecule has 1 aromatic heterocycles. The molecule has 4 N–H and O–H groups in total. The summed E-state index contributed by atoms with van der Waals surface area (Å²) in [7, 11) is 3.24. The third kappa shape index (κ3) is 4.52. The van der Waals surface area contributed by atoms with Gasteiger partial charge in [0, 0.05) is 5.69 Å². The molecule has 0 aliphatic heterocycles. The molecule has 3 rings (SSSR count). The molecule has 1 atom stereocenters. The average Bonchev–Trinajstić information content (AvgIpc) is 3.21. The van der Waals surface area contributed by atoms with Gasteiger partial charge in [0.1, 0.15) is 11.6 Å². The van der Waals surface area contributed by atoms with E-state index in [2.05, 4.69) is 20.5 Å². The van der Waals surface area contributed by atoms with E-state index in [-0.39, 0.29) is 0 Å². The van der Waals surface area contributed by atoms with Crippen molar-refractivity contribution in [2.45, 2.75) is 19.5 Å². The largest absolute Gasteiger partial charge is 0.497 e. The van der Waals surface area contributed by atoms with Crippen LogP contribution in [0.3, 0.4) is 0 Å². The fourth-order valence-corrected chi connectivity index (χ4v) is 2.72. The number of aromatic amines is 1. The highest BCUT2D eigenvalue weighted by Gasteiger charge is 2.17. The third-order valence-corrected chi connectivity index (χ3v) is 4.22. The fourth-order valence-electron chi connectivity index (χ4n) is 2.72. The Hall–Kier alpha value is -3.26. The molecule has 0 saturated carbocycles. The highest BCUT2D eigenvalue weighted by molar-refractivity contribution is 5.46. The van der Waals surface area contributed by atoms with Gasteiger partial charge in [-0.05, 0) is 48.9 Å². The Morgan fingerprint density at radius 3 is 2.54 bits per heavy atom. The Morgan fingerprint density at radius 2 is 1.86 bits per heavy atom. The monoisotopic (exact) mass is 383 g/mol. The minimum atomic E-state index is -0.476. The Morgan fingerprint density at radius 1 is 1.07 bits per heavy atom. The first kappa shape index (κ1) is 19.5. The van der Waals surface area contributed by atoms with E-state index in [9.17, 15) is 0 Å². The molecule has 0 bridgehead atoms. The lowest BCUT2D eigenvalue weighted by Crippen LogP contribution is -2.14. The number of nitrogens with two attached hydrogens (primary N) is 1. The summed E-state index contributed by atoms with van der Waals surface area (Å²) < 4.78 is 16.1. The first-order valence-corrected chi connectivity index (χ1v) is 9.00. The third-order valence-electron chi connectivity index (χ3n) is 4.22. The van der Waals surface area contributed by atoms with Crippen LogP contribution in [0.1, 0.15) is 30.2 Å². The van der Waals surface area contributed by atoms with Crippen LogP contribution in [0.15, 0.2) is 42.5 Å². The second-order valence-corrected chi connectivity index (χ2v) is 6.04. The molecule has 8 nitrogen and oxygen atoms in total. The number of nitrogens with zero attached hydrogens (tertiary/aromatic N) is 2. The lowest BCUT2D eigenvalue weighted by atomic mass is 10.1. The fraction of sp³-hybridized carbons (Fsp3) is 0.300. The van der Waals surface area contributed by atoms with Crippen molar-refractivity contribution in [2.75, 3.05) is 26.1 Å². The van der Waals surface area contributed by atoms with Crippen LogP contribution in [0.25, 0.3) is 0 Å². The lowest BCUT2D eigenvalue weighted by molar-refractivity contribution is 0.310. The number of anilines is 1. The quantitative estimate of drug-likeness (QED) is 0.521. The van der Waals surface area contributed by atoms with Crippen molar-refractivity contribution in [3.8, 4) is 17.2 Å². The molecule has 0 unspecified atom stereocenters. The van der Waals surface area contributed by atoms with Crippen LogP contribution in [-0.4, -0.2) is 36.0 Å². The first-order chi connectivity index (χ1) is 13.6. The second-order valence-electron chi connectivity index (χ2n) is 6.04. The van der Waals surface area contributed by atoms with Gasteiger partial charge in [-0.25, -0.2) is 4.98 Å². The second kappa shape index (κ2) is 9.09. The highest BCUT2D eigenvalue weighted by Crippen LogP contribution is 2.31. The summed E-state index contributed by atoms with van der Waals surface area (Å²) in [6, 6.07) is 12.8. The average molecular weight is 383 g/mol. The summed E-state index contributed by atoms with van der Waals surface area (Å²) in [6.45, 7) is 2.99. The van der Waals surface area contributed by atoms with E-state index in [0.717, 1.165) is 17.0 Å². The number of ether oxygens (including phenoxy) is 3. The van der Waals surface area contributed by atoms with Crippen LogP contribution < -0.4 is 25.3 Å². The predicted octanol–water partition coefficient (Wildman–Crippen LogP) is 2.88. The zero-order valence-electron chi connectivity index (χ0n) is 16.2. The maximum Gasteiger partial charge on any atom is 0.171 e. The van der Waals surface area contributed by atoms with Crippen molar-refractivity contribution in [1.82, 2.24) is 15.2 Å². The number of hydrogen-bond donors (Lipinski definition) is 3. The topological polar surface area (TPSA) is 107 Å². The molecule has 0 aliphatic carbocycles. The van der Waals surface area contributed by atoms with Crippen LogP contribution >= 0.6 is 0 Å². The summed E-state index contributed by atoms with van der Waals surface area (Å²) >= 11 is 0. The number of hydrogen-bond acceptors (Lipinski definition) is 7. The van der Waals surface area contributed by atoms with E-state index >= 15 is 0 Å². The molecule has 0 radical (unpaired) electrons. The van der Waals surface area contributed by atoms with Gasteiger partial charge < -0.3 is 25.3 Å². The number of nitrogens with one attached hydrogen (secondary N) is 2. The number of aromatic nitrogens is 3. The molecule has 0 saturated heterocycles. The Labute approximate surface area is 164 Å². The van der Waals surface area contributed by atoms with Crippen molar-refractivity contribution < 1.29 is 14.2 Å². The zero-order chi connectivity index (χ0) is 19.9. The van der Waals surface area contributed by atoms with Gasteiger partial charge in [-0.3, -0.25) is 5.10 Å². The van der Waals surface area contributed by atoms with Gasteiger partial charge in [0.25, 0.3) is 0 Å². The van der Waals surface area contributed by atoms with Crippen molar-refractivity contribution >= 4 is 5.69 Å². The number of rotatable bonds is 9. The van der Waals surface area contributed by atoms with Crippen LogP contribution in [0.4, 0.5) is 5.69 Å². The predicted molar refractivity (Wildman–Crippen MR) is 107 cm³/mol. The molecular formula is C20H25N5O3. The maximum absolute atomic E-state index is 6.34. The molecular weight excluding hydrogens is 358 g/mol. The Bertz CT molecular complexity index is 895. The minimum absolute atomic E-state index is 0.476. The molecule has 1 heterocycles. The van der Waals surface area contributed by atoms with Crippen LogP contribution in [0.2, 0.25) is 0 Å². The number of methoxy groups -OCH3 is 2. The SMILES string of the molecule is CCOc1ccc([C@H](N)c2n[nH]c(CNc3ccc(OC)cc3)n2)cc1OC. The molecule has 0 fully saturated rings. The highest BCUT2D eigenvalue weighted by atomic mass is 16.5. The van der Waals surface area contributed by atoms with Gasteiger partial charge >= 0.3 is 0 Å². The molecule has 148 valence electrons. The molecule has 0 amide bonds. The Balaban J connectivity index is 1.67. The summed E-state index contributed by atoms with van der Waals surface area (Å²) in [6.07, 6.45) is 0. The van der Waals surface area contributed by atoms with Gasteiger partial charge in [0.15, 0.2) is 17.3 Å². The van der Waals surface area contributed by atoms with Crippen molar-refractivity contribution in [1.29, 1.82) is 0 Å². The van der Waals surface area contributed by atoms with Crippen molar-refractivity contribution in [3.63, 3.8) is 0 Å². The Kier molecular flexibility index (Phi) is 6.33. The van der Waals surface area contributed by atoms with E-state index in [1.807, 2.05) is 49.4 Å². The standard InChI is InChI=1S/C20H25N5O3/c1-4-28-16-10-5-13(11-17(16)27-3)19(21)20-23-18(24-25-20)12-22-14-6-8-15(26-2)9-7-14/h5-11,19,22H,4,12,21H2,1-3H3,(H,23,24,25)/t19-/m0/s1.